The summed E-state index contributed by atoms with van der Waals surface area (Å²) in [5, 5.41) is 3.35. The molecule has 18 heavy (non-hydrogen) atoms. The third-order valence-corrected chi connectivity index (χ3v) is 3.28. The van der Waals surface area contributed by atoms with Crippen molar-refractivity contribution < 1.29 is 9.47 Å². The average Bonchev–Trinajstić information content (AvgIpc) is 2.88. The monoisotopic (exact) mass is 254 g/mol. The van der Waals surface area contributed by atoms with Crippen LogP contribution in [0, 0.1) is 0 Å². The van der Waals surface area contributed by atoms with Gasteiger partial charge in [0.05, 0.1) is 18.2 Å². The van der Waals surface area contributed by atoms with Gasteiger partial charge in [-0.1, -0.05) is 0 Å². The lowest BCUT2D eigenvalue weighted by atomic mass is 10.3. The Balaban J connectivity index is 1.90. The Hall–Kier alpha value is -0.950. The zero-order valence-electron chi connectivity index (χ0n) is 11.1. The number of ether oxygens (including phenoxy) is 2. The smallest absolute Gasteiger partial charge is 0.200 e. The summed E-state index contributed by atoms with van der Waals surface area (Å²) in [5.74, 6) is 0. The van der Waals surface area contributed by atoms with E-state index in [4.69, 9.17) is 9.47 Å². The normalized spacial score (nSPS) is 17.5. The number of piperazine rings is 1. The Labute approximate surface area is 108 Å². The van der Waals surface area contributed by atoms with E-state index in [0.717, 1.165) is 45.0 Å². The van der Waals surface area contributed by atoms with Gasteiger partial charge >= 0.3 is 0 Å². The van der Waals surface area contributed by atoms with Crippen LogP contribution >= 0.6 is 0 Å². The van der Waals surface area contributed by atoms with Gasteiger partial charge in [0, 0.05) is 53.5 Å². The molecule has 2 rings (SSSR count). The average molecular weight is 254 g/mol. The van der Waals surface area contributed by atoms with E-state index in [1.165, 1.54) is 0 Å². The van der Waals surface area contributed by atoms with Crippen LogP contribution in [0.1, 0.15) is 12.0 Å². The van der Waals surface area contributed by atoms with Crippen LogP contribution in [0.2, 0.25) is 0 Å². The molecule has 0 atom stereocenters. The third kappa shape index (κ3) is 3.29. The summed E-state index contributed by atoms with van der Waals surface area (Å²) in [7, 11) is 3.28. The van der Waals surface area contributed by atoms with E-state index in [-0.39, 0.29) is 6.29 Å². The van der Waals surface area contributed by atoms with E-state index in [0.29, 0.717) is 0 Å². The van der Waals surface area contributed by atoms with Gasteiger partial charge in [0.15, 0.2) is 6.29 Å². The Bertz CT molecular complexity index is 346. The molecule has 6 nitrogen and oxygen atoms in total. The molecule has 1 aliphatic rings. The standard InChI is InChI=1S/C12H22N4O2/c1-17-12(18-2)11-9-14-10-16(11)8-7-15-5-3-13-4-6-15/h9-10,12-13H,3-8H2,1-2H3. The molecule has 0 unspecified atom stereocenters. The fourth-order valence-electron chi connectivity index (χ4n) is 2.24. The number of hydrogen-bond acceptors (Lipinski definition) is 5. The highest BCUT2D eigenvalue weighted by Gasteiger charge is 2.15. The summed E-state index contributed by atoms with van der Waals surface area (Å²) in [6.45, 7) is 6.33. The molecule has 0 radical (unpaired) electrons. The van der Waals surface area contributed by atoms with Crippen molar-refractivity contribution >= 4 is 0 Å². The first-order chi connectivity index (χ1) is 8.85. The van der Waals surface area contributed by atoms with Crippen LogP contribution in [0.3, 0.4) is 0 Å². The van der Waals surface area contributed by atoms with Crippen molar-refractivity contribution in [2.45, 2.75) is 12.8 Å². The number of nitrogens with one attached hydrogen (secondary N) is 1. The molecule has 0 spiro atoms. The lowest BCUT2D eigenvalue weighted by molar-refractivity contribution is -0.110. The van der Waals surface area contributed by atoms with Gasteiger partial charge in [-0.2, -0.15) is 0 Å². The van der Waals surface area contributed by atoms with Gasteiger partial charge < -0.3 is 19.4 Å². The van der Waals surface area contributed by atoms with Crippen LogP contribution in [0.15, 0.2) is 12.5 Å². The molecule has 0 aromatic carbocycles. The lowest BCUT2D eigenvalue weighted by Crippen LogP contribution is -2.44. The van der Waals surface area contributed by atoms with Gasteiger partial charge in [-0.05, 0) is 0 Å². The summed E-state index contributed by atoms with van der Waals surface area (Å²) in [5.41, 5.74) is 0.968. The highest BCUT2D eigenvalue weighted by molar-refractivity contribution is 5.00. The zero-order valence-corrected chi connectivity index (χ0v) is 11.1. The van der Waals surface area contributed by atoms with Crippen molar-refractivity contribution in [3.05, 3.63) is 18.2 Å². The Morgan fingerprint density at radius 3 is 2.67 bits per heavy atom. The van der Waals surface area contributed by atoms with Crippen LogP contribution in [0.5, 0.6) is 0 Å². The first-order valence-electron chi connectivity index (χ1n) is 6.34. The van der Waals surface area contributed by atoms with Crippen molar-refractivity contribution in [2.24, 2.45) is 0 Å². The minimum Gasteiger partial charge on any atom is -0.350 e. The summed E-state index contributed by atoms with van der Waals surface area (Å²) in [6.07, 6.45) is 3.30. The van der Waals surface area contributed by atoms with Crippen molar-refractivity contribution in [2.75, 3.05) is 46.9 Å². The van der Waals surface area contributed by atoms with Gasteiger partial charge in [-0.25, -0.2) is 4.98 Å². The van der Waals surface area contributed by atoms with Crippen LogP contribution in [-0.4, -0.2) is 61.4 Å². The van der Waals surface area contributed by atoms with Crippen LogP contribution in [0.4, 0.5) is 0 Å². The second-order valence-corrected chi connectivity index (χ2v) is 4.41. The molecule has 1 N–H and O–H groups in total. The van der Waals surface area contributed by atoms with Crippen LogP contribution < -0.4 is 5.32 Å². The maximum Gasteiger partial charge on any atom is 0.200 e. The number of aromatic nitrogens is 2. The van der Waals surface area contributed by atoms with E-state index >= 15 is 0 Å². The Kier molecular flexibility index (Phi) is 5.12. The van der Waals surface area contributed by atoms with Crippen LogP contribution in [0.25, 0.3) is 0 Å². The highest BCUT2D eigenvalue weighted by atomic mass is 16.7. The predicted octanol–water partition coefficient (Wildman–Crippen LogP) is 0.0797. The van der Waals surface area contributed by atoms with E-state index in [9.17, 15) is 0 Å². The molecule has 1 saturated heterocycles. The molecular weight excluding hydrogens is 232 g/mol. The predicted molar refractivity (Wildman–Crippen MR) is 68.3 cm³/mol. The minimum atomic E-state index is -0.337. The van der Waals surface area contributed by atoms with Gasteiger partial charge in [0.1, 0.15) is 0 Å². The van der Waals surface area contributed by atoms with Gasteiger partial charge in [-0.3, -0.25) is 4.90 Å². The molecule has 102 valence electrons. The SMILES string of the molecule is COC(OC)c1cncn1CCN1CCNCC1. The minimum absolute atomic E-state index is 0.337. The van der Waals surface area contributed by atoms with E-state index in [2.05, 4.69) is 19.8 Å². The van der Waals surface area contributed by atoms with Crippen molar-refractivity contribution in [1.29, 1.82) is 0 Å². The lowest BCUT2D eigenvalue weighted by Gasteiger charge is -2.27. The fourth-order valence-corrected chi connectivity index (χ4v) is 2.24. The maximum absolute atomic E-state index is 5.27. The number of methoxy groups -OCH3 is 2. The quantitative estimate of drug-likeness (QED) is 0.729. The number of rotatable bonds is 6. The zero-order chi connectivity index (χ0) is 12.8. The third-order valence-electron chi connectivity index (χ3n) is 3.28. The van der Waals surface area contributed by atoms with E-state index in [1.54, 1.807) is 20.4 Å². The second-order valence-electron chi connectivity index (χ2n) is 4.41. The summed E-state index contributed by atoms with van der Waals surface area (Å²) in [4.78, 5) is 6.63. The highest BCUT2D eigenvalue weighted by Crippen LogP contribution is 2.16. The topological polar surface area (TPSA) is 51.6 Å². The number of hydrogen-bond donors (Lipinski definition) is 1. The first-order valence-corrected chi connectivity index (χ1v) is 6.34. The van der Waals surface area contributed by atoms with Gasteiger partial charge in [-0.15, -0.1) is 0 Å². The van der Waals surface area contributed by atoms with E-state index < -0.39 is 0 Å². The second kappa shape index (κ2) is 6.84. The fraction of sp³-hybridized carbons (Fsp3) is 0.750. The molecule has 1 fully saturated rings. The van der Waals surface area contributed by atoms with Crippen LogP contribution in [-0.2, 0) is 16.0 Å². The molecule has 0 aliphatic carbocycles. The molecular formula is C12H22N4O2. The molecule has 0 amide bonds. The molecule has 6 heteroatoms. The van der Waals surface area contributed by atoms with Crippen molar-refractivity contribution in [3.63, 3.8) is 0 Å². The molecule has 1 aliphatic heterocycles. The molecule has 0 saturated carbocycles. The Morgan fingerprint density at radius 1 is 1.28 bits per heavy atom. The number of imidazole rings is 1. The molecule has 0 bridgehead atoms. The van der Waals surface area contributed by atoms with Crippen molar-refractivity contribution in [1.82, 2.24) is 19.8 Å². The summed E-state index contributed by atoms with van der Waals surface area (Å²) < 4.78 is 12.6. The molecule has 1 aromatic heterocycles. The van der Waals surface area contributed by atoms with Crippen molar-refractivity contribution in [3.8, 4) is 0 Å². The number of nitrogens with zero attached hydrogens (tertiary/aromatic N) is 3. The first kappa shape index (κ1) is 13.5. The summed E-state index contributed by atoms with van der Waals surface area (Å²) >= 11 is 0. The summed E-state index contributed by atoms with van der Waals surface area (Å²) in [6, 6.07) is 0. The maximum atomic E-state index is 5.27. The molecule has 2 heterocycles. The van der Waals surface area contributed by atoms with E-state index in [1.807, 2.05) is 6.33 Å². The largest absolute Gasteiger partial charge is 0.350 e. The van der Waals surface area contributed by atoms with Gasteiger partial charge in [0.25, 0.3) is 0 Å². The van der Waals surface area contributed by atoms with Gasteiger partial charge in [0.2, 0.25) is 0 Å². The Morgan fingerprint density at radius 2 is 2.00 bits per heavy atom. The molecule has 1 aromatic rings.